The van der Waals surface area contributed by atoms with Crippen LogP contribution in [0.1, 0.15) is 38.8 Å². The minimum absolute atomic E-state index is 0.191. The normalized spacial score (nSPS) is 11.9. The van der Waals surface area contributed by atoms with Crippen molar-refractivity contribution >= 4 is 39.9 Å². The Labute approximate surface area is 165 Å². The van der Waals surface area contributed by atoms with Gasteiger partial charge in [0, 0.05) is 11.3 Å². The molecule has 4 aromatic rings. The Morgan fingerprint density at radius 2 is 1.89 bits per heavy atom. The lowest BCUT2D eigenvalue weighted by atomic mass is 10.1. The minimum Gasteiger partial charge on any atom is -0.342 e. The Morgan fingerprint density at radius 3 is 2.68 bits per heavy atom. The molecule has 1 atom stereocenters. The number of hydrogen-bond acceptors (Lipinski definition) is 4. The van der Waals surface area contributed by atoms with Crippen LogP contribution in [-0.4, -0.2) is 21.8 Å². The fraction of sp³-hybridized carbons (Fsp3) is 0.0952. The molecular formula is C21H18N4O2S. The van der Waals surface area contributed by atoms with Crippen LogP contribution in [-0.2, 0) is 0 Å². The summed E-state index contributed by atoms with van der Waals surface area (Å²) in [6.07, 6.45) is 0. The standard InChI is InChI=1S/C21H18N4O2S/c1-13(19-24-16-8-2-3-9-17(16)25-19)22-20(26)14-6-4-7-15(12-14)23-21(27)18-10-5-11-28-18/h2-13H,1H3,(H,22,26)(H,23,27)(H,24,25). The Morgan fingerprint density at radius 1 is 1.04 bits per heavy atom. The third-order valence-corrected chi connectivity index (χ3v) is 5.16. The molecule has 0 aliphatic carbocycles. The van der Waals surface area contributed by atoms with Crippen LogP contribution in [0.5, 0.6) is 0 Å². The lowest BCUT2D eigenvalue weighted by Crippen LogP contribution is -2.27. The van der Waals surface area contributed by atoms with E-state index in [1.54, 1.807) is 30.3 Å². The maximum Gasteiger partial charge on any atom is 0.265 e. The van der Waals surface area contributed by atoms with Gasteiger partial charge in [-0.05, 0) is 48.7 Å². The zero-order valence-corrected chi connectivity index (χ0v) is 15.9. The molecule has 0 aliphatic heterocycles. The number of nitrogens with zero attached hydrogens (tertiary/aromatic N) is 1. The maximum absolute atomic E-state index is 12.6. The summed E-state index contributed by atoms with van der Waals surface area (Å²) < 4.78 is 0. The Balaban J connectivity index is 1.46. The number of amides is 2. The third kappa shape index (κ3) is 3.79. The first kappa shape index (κ1) is 17.9. The highest BCUT2D eigenvalue weighted by Gasteiger charge is 2.15. The second-order valence-corrected chi connectivity index (χ2v) is 7.29. The van der Waals surface area contributed by atoms with E-state index in [1.165, 1.54) is 11.3 Å². The molecule has 3 N–H and O–H groups in total. The molecule has 2 aromatic heterocycles. The number of imidazole rings is 1. The van der Waals surface area contributed by atoms with Crippen LogP contribution in [0.4, 0.5) is 5.69 Å². The van der Waals surface area contributed by atoms with Gasteiger partial charge < -0.3 is 15.6 Å². The molecule has 0 aliphatic rings. The summed E-state index contributed by atoms with van der Waals surface area (Å²) in [6.45, 7) is 1.87. The molecule has 28 heavy (non-hydrogen) atoms. The van der Waals surface area contributed by atoms with Crippen LogP contribution in [0.2, 0.25) is 0 Å². The van der Waals surface area contributed by atoms with Crippen molar-refractivity contribution in [1.82, 2.24) is 15.3 Å². The van der Waals surface area contributed by atoms with Gasteiger partial charge in [-0.1, -0.05) is 24.3 Å². The summed E-state index contributed by atoms with van der Waals surface area (Å²) in [6, 6.07) is 17.9. The van der Waals surface area contributed by atoms with Crippen molar-refractivity contribution in [3.05, 3.63) is 82.3 Å². The third-order valence-electron chi connectivity index (χ3n) is 4.29. The van der Waals surface area contributed by atoms with Gasteiger partial charge in [0.15, 0.2) is 0 Å². The zero-order valence-electron chi connectivity index (χ0n) is 15.1. The van der Waals surface area contributed by atoms with Gasteiger partial charge in [0.1, 0.15) is 5.82 Å². The van der Waals surface area contributed by atoms with Crippen LogP contribution >= 0.6 is 11.3 Å². The number of carbonyl (C=O) groups is 2. The summed E-state index contributed by atoms with van der Waals surface area (Å²) in [5.74, 6) is 0.264. The van der Waals surface area contributed by atoms with E-state index in [0.717, 1.165) is 11.0 Å². The Bertz CT molecular complexity index is 1100. The molecule has 0 saturated heterocycles. The number of aromatic nitrogens is 2. The SMILES string of the molecule is CC(NC(=O)c1cccc(NC(=O)c2cccs2)c1)c1nc2ccccc2[nH]1. The van der Waals surface area contributed by atoms with Crippen molar-refractivity contribution in [2.75, 3.05) is 5.32 Å². The van der Waals surface area contributed by atoms with Crippen molar-refractivity contribution in [2.24, 2.45) is 0 Å². The summed E-state index contributed by atoms with van der Waals surface area (Å²) in [4.78, 5) is 33.2. The van der Waals surface area contributed by atoms with E-state index in [1.807, 2.05) is 42.6 Å². The molecule has 0 bridgehead atoms. The first-order chi connectivity index (χ1) is 13.6. The van der Waals surface area contributed by atoms with Crippen molar-refractivity contribution in [3.63, 3.8) is 0 Å². The van der Waals surface area contributed by atoms with Crippen molar-refractivity contribution in [1.29, 1.82) is 0 Å². The number of carbonyl (C=O) groups excluding carboxylic acids is 2. The molecule has 0 spiro atoms. The molecule has 0 radical (unpaired) electrons. The van der Waals surface area contributed by atoms with Crippen molar-refractivity contribution in [3.8, 4) is 0 Å². The van der Waals surface area contributed by atoms with Gasteiger partial charge >= 0.3 is 0 Å². The Hall–Kier alpha value is -3.45. The molecule has 2 amide bonds. The first-order valence-electron chi connectivity index (χ1n) is 8.80. The summed E-state index contributed by atoms with van der Waals surface area (Å²) >= 11 is 1.37. The van der Waals surface area contributed by atoms with Crippen LogP contribution < -0.4 is 10.6 Å². The molecule has 1 unspecified atom stereocenters. The van der Waals surface area contributed by atoms with Gasteiger partial charge in [-0.3, -0.25) is 9.59 Å². The molecular weight excluding hydrogens is 372 g/mol. The number of benzene rings is 2. The smallest absolute Gasteiger partial charge is 0.265 e. The highest BCUT2D eigenvalue weighted by Crippen LogP contribution is 2.18. The predicted molar refractivity (Wildman–Crippen MR) is 111 cm³/mol. The summed E-state index contributed by atoms with van der Waals surface area (Å²) in [7, 11) is 0. The maximum atomic E-state index is 12.6. The fourth-order valence-electron chi connectivity index (χ4n) is 2.86. The van der Waals surface area contributed by atoms with E-state index in [4.69, 9.17) is 0 Å². The molecule has 0 saturated carbocycles. The number of fused-ring (bicyclic) bond motifs is 1. The number of aromatic amines is 1. The first-order valence-corrected chi connectivity index (χ1v) is 9.68. The highest BCUT2D eigenvalue weighted by atomic mass is 32.1. The van der Waals surface area contributed by atoms with Gasteiger partial charge in [0.25, 0.3) is 11.8 Å². The van der Waals surface area contributed by atoms with Crippen molar-refractivity contribution < 1.29 is 9.59 Å². The van der Waals surface area contributed by atoms with E-state index >= 15 is 0 Å². The number of para-hydroxylation sites is 2. The van der Waals surface area contributed by atoms with E-state index < -0.39 is 0 Å². The number of rotatable bonds is 5. The van der Waals surface area contributed by atoms with E-state index in [9.17, 15) is 9.59 Å². The monoisotopic (exact) mass is 390 g/mol. The average Bonchev–Trinajstić information content (AvgIpc) is 3.38. The number of hydrogen-bond donors (Lipinski definition) is 3. The summed E-state index contributed by atoms with van der Waals surface area (Å²) in [5, 5.41) is 7.60. The zero-order chi connectivity index (χ0) is 19.5. The average molecular weight is 390 g/mol. The largest absolute Gasteiger partial charge is 0.342 e. The van der Waals surface area contributed by atoms with E-state index in [-0.39, 0.29) is 17.9 Å². The molecule has 0 fully saturated rings. The van der Waals surface area contributed by atoms with Crippen LogP contribution in [0.3, 0.4) is 0 Å². The fourth-order valence-corrected chi connectivity index (χ4v) is 3.48. The molecule has 6 nitrogen and oxygen atoms in total. The van der Waals surface area contributed by atoms with Gasteiger partial charge in [0.05, 0.1) is 22.0 Å². The lowest BCUT2D eigenvalue weighted by Gasteiger charge is -2.12. The molecule has 2 heterocycles. The number of anilines is 1. The minimum atomic E-state index is -0.288. The van der Waals surface area contributed by atoms with Crippen LogP contribution in [0.15, 0.2) is 66.0 Å². The predicted octanol–water partition coefficient (Wildman–Crippen LogP) is 4.37. The second kappa shape index (κ2) is 7.66. The van der Waals surface area contributed by atoms with Gasteiger partial charge in [-0.25, -0.2) is 4.98 Å². The topological polar surface area (TPSA) is 86.9 Å². The molecule has 2 aromatic carbocycles. The Kier molecular flexibility index (Phi) is 4.90. The quantitative estimate of drug-likeness (QED) is 0.473. The molecule has 4 rings (SSSR count). The number of nitrogens with one attached hydrogen (secondary N) is 3. The van der Waals surface area contributed by atoms with Gasteiger partial charge in [-0.2, -0.15) is 0 Å². The van der Waals surface area contributed by atoms with Gasteiger partial charge in [0.2, 0.25) is 0 Å². The van der Waals surface area contributed by atoms with Gasteiger partial charge in [-0.15, -0.1) is 11.3 Å². The second-order valence-electron chi connectivity index (χ2n) is 6.35. The number of thiophene rings is 1. The van der Waals surface area contributed by atoms with Crippen LogP contribution in [0.25, 0.3) is 11.0 Å². The van der Waals surface area contributed by atoms with E-state index in [0.29, 0.717) is 22.0 Å². The molecule has 7 heteroatoms. The molecule has 140 valence electrons. The van der Waals surface area contributed by atoms with E-state index in [2.05, 4.69) is 20.6 Å². The lowest BCUT2D eigenvalue weighted by molar-refractivity contribution is 0.0937. The number of H-pyrrole nitrogens is 1. The summed E-state index contributed by atoms with van der Waals surface area (Å²) in [5.41, 5.74) is 2.82. The van der Waals surface area contributed by atoms with Crippen LogP contribution in [0, 0.1) is 0 Å². The van der Waals surface area contributed by atoms with Crippen molar-refractivity contribution in [2.45, 2.75) is 13.0 Å². The highest BCUT2D eigenvalue weighted by molar-refractivity contribution is 7.12.